The van der Waals surface area contributed by atoms with Crippen LogP contribution in [0.25, 0.3) is 0 Å². The van der Waals surface area contributed by atoms with Crippen molar-refractivity contribution in [1.82, 2.24) is 0 Å². The zero-order valence-electron chi connectivity index (χ0n) is 14.3. The van der Waals surface area contributed by atoms with Gasteiger partial charge in [0.25, 0.3) is 10.1 Å². The van der Waals surface area contributed by atoms with E-state index in [4.69, 9.17) is 46.4 Å². The summed E-state index contributed by atoms with van der Waals surface area (Å²) in [5.41, 5.74) is -0.444. The van der Waals surface area contributed by atoms with Crippen LogP contribution < -0.4 is 0 Å². The molecule has 0 aromatic heterocycles. The molecular formula is C19H12Cl4O5S. The SMILES string of the molecule is O=S(=O)(O)C(c1ccc(Cl)cc1)(c1ccc(O)cc1Cl)c1c(Cl)ccc(O)c1Cl. The summed E-state index contributed by atoms with van der Waals surface area (Å²) in [4.78, 5) is 0. The van der Waals surface area contributed by atoms with Crippen LogP contribution in [-0.2, 0) is 14.9 Å². The number of hydrogen-bond acceptors (Lipinski definition) is 4. The summed E-state index contributed by atoms with van der Waals surface area (Å²) >= 11 is 24.8. The second-order valence-electron chi connectivity index (χ2n) is 6.08. The number of hydrogen-bond donors (Lipinski definition) is 3. The molecule has 1 atom stereocenters. The molecular weight excluding hydrogens is 482 g/mol. The lowest BCUT2D eigenvalue weighted by atomic mass is 9.83. The van der Waals surface area contributed by atoms with Crippen molar-refractivity contribution in [2.75, 3.05) is 0 Å². The number of halogens is 4. The van der Waals surface area contributed by atoms with E-state index < -0.39 is 25.6 Å². The summed E-state index contributed by atoms with van der Waals surface area (Å²) < 4.78 is 34.1. The maximum Gasteiger partial charge on any atom is 0.283 e. The van der Waals surface area contributed by atoms with Crippen LogP contribution in [0.2, 0.25) is 20.1 Å². The molecule has 29 heavy (non-hydrogen) atoms. The van der Waals surface area contributed by atoms with Gasteiger partial charge in [0.15, 0.2) is 4.75 Å². The molecule has 0 aliphatic heterocycles. The Labute approximate surface area is 186 Å². The van der Waals surface area contributed by atoms with Gasteiger partial charge in [-0.1, -0.05) is 64.6 Å². The third kappa shape index (κ3) is 3.65. The molecule has 0 fully saturated rings. The Bertz CT molecular complexity index is 1200. The molecule has 0 spiro atoms. The summed E-state index contributed by atoms with van der Waals surface area (Å²) in [6.07, 6.45) is 0. The van der Waals surface area contributed by atoms with Crippen LogP contribution in [0.15, 0.2) is 54.6 Å². The van der Waals surface area contributed by atoms with E-state index in [0.717, 1.165) is 6.07 Å². The van der Waals surface area contributed by atoms with Crippen molar-refractivity contribution < 1.29 is 23.2 Å². The first-order valence-corrected chi connectivity index (χ1v) is 10.8. The van der Waals surface area contributed by atoms with Gasteiger partial charge in [0.1, 0.15) is 11.5 Å². The van der Waals surface area contributed by atoms with Gasteiger partial charge in [0.2, 0.25) is 0 Å². The van der Waals surface area contributed by atoms with Crippen LogP contribution >= 0.6 is 46.4 Å². The molecule has 0 heterocycles. The fourth-order valence-corrected chi connectivity index (χ4v) is 5.81. The Morgan fingerprint density at radius 1 is 0.793 bits per heavy atom. The molecule has 0 amide bonds. The number of aromatic hydroxyl groups is 2. The maximum absolute atomic E-state index is 13.0. The van der Waals surface area contributed by atoms with E-state index >= 15 is 0 Å². The molecule has 0 saturated heterocycles. The Morgan fingerprint density at radius 3 is 1.97 bits per heavy atom. The van der Waals surface area contributed by atoms with Gasteiger partial charge in [0.05, 0.1) is 5.02 Å². The van der Waals surface area contributed by atoms with Crippen molar-refractivity contribution in [1.29, 1.82) is 0 Å². The highest BCUT2D eigenvalue weighted by Gasteiger charge is 2.52. The summed E-state index contributed by atoms with van der Waals surface area (Å²) in [5, 5.41) is 19.5. The highest BCUT2D eigenvalue weighted by molar-refractivity contribution is 7.87. The van der Waals surface area contributed by atoms with Gasteiger partial charge in [-0.3, -0.25) is 4.55 Å². The van der Waals surface area contributed by atoms with Crippen LogP contribution in [0, 0.1) is 0 Å². The zero-order valence-corrected chi connectivity index (χ0v) is 18.1. The Morgan fingerprint density at radius 2 is 1.41 bits per heavy atom. The van der Waals surface area contributed by atoms with Gasteiger partial charge < -0.3 is 10.2 Å². The normalized spacial score (nSPS) is 13.8. The molecule has 0 aliphatic carbocycles. The molecule has 3 N–H and O–H groups in total. The standard InChI is InChI=1S/C19H12Cl4O5S/c20-11-3-1-10(2-4-11)19(29(26,27)28,13-6-5-12(24)9-15(13)22)17-14(21)7-8-16(25)18(17)23/h1-9,24-25H,(H,26,27,28). The topological polar surface area (TPSA) is 94.8 Å². The predicted octanol–water partition coefficient (Wildman–Crippen LogP) is 5.89. The predicted molar refractivity (Wildman–Crippen MR) is 114 cm³/mol. The van der Waals surface area contributed by atoms with E-state index in [-0.39, 0.29) is 32.5 Å². The van der Waals surface area contributed by atoms with Crippen LogP contribution in [0.4, 0.5) is 0 Å². The van der Waals surface area contributed by atoms with Crippen LogP contribution in [-0.4, -0.2) is 23.2 Å². The molecule has 5 nitrogen and oxygen atoms in total. The minimum Gasteiger partial charge on any atom is -0.508 e. The third-order valence-electron chi connectivity index (χ3n) is 4.39. The quantitative estimate of drug-likeness (QED) is 0.311. The summed E-state index contributed by atoms with van der Waals surface area (Å²) in [6, 6.07) is 11.5. The minimum absolute atomic E-state index is 0.00592. The zero-order chi connectivity index (χ0) is 21.6. The molecule has 152 valence electrons. The summed E-state index contributed by atoms with van der Waals surface area (Å²) in [6.45, 7) is 0. The second kappa shape index (κ2) is 7.87. The fraction of sp³-hybridized carbons (Fsp3) is 0.0526. The number of phenols is 2. The van der Waals surface area contributed by atoms with Gasteiger partial charge in [-0.2, -0.15) is 8.42 Å². The van der Waals surface area contributed by atoms with Crippen molar-refractivity contribution in [3.63, 3.8) is 0 Å². The summed E-state index contributed by atoms with van der Waals surface area (Å²) in [7, 11) is -5.08. The lowest BCUT2D eigenvalue weighted by Gasteiger charge is -2.34. The third-order valence-corrected chi connectivity index (χ3v) is 7.09. The first-order chi connectivity index (χ1) is 13.5. The first kappa shape index (κ1) is 22.0. The van der Waals surface area contributed by atoms with Gasteiger partial charge in [0, 0.05) is 26.2 Å². The highest BCUT2D eigenvalue weighted by atomic mass is 35.5. The van der Waals surface area contributed by atoms with Gasteiger partial charge in [-0.05, 0) is 42.0 Å². The van der Waals surface area contributed by atoms with Crippen molar-refractivity contribution in [2.45, 2.75) is 4.75 Å². The monoisotopic (exact) mass is 492 g/mol. The largest absolute Gasteiger partial charge is 0.508 e. The average Bonchev–Trinajstić information content (AvgIpc) is 2.63. The van der Waals surface area contributed by atoms with E-state index in [9.17, 15) is 23.2 Å². The number of benzene rings is 3. The van der Waals surface area contributed by atoms with Gasteiger partial charge in [-0.25, -0.2) is 0 Å². The molecule has 3 aromatic rings. The van der Waals surface area contributed by atoms with Crippen LogP contribution in [0.5, 0.6) is 11.5 Å². The molecule has 0 aliphatic rings. The smallest absolute Gasteiger partial charge is 0.283 e. The molecule has 1 unspecified atom stereocenters. The summed E-state index contributed by atoms with van der Waals surface area (Å²) in [5.74, 6) is -0.685. The first-order valence-electron chi connectivity index (χ1n) is 7.89. The molecule has 3 aromatic carbocycles. The highest BCUT2D eigenvalue weighted by Crippen LogP contribution is 2.52. The molecule has 10 heteroatoms. The Kier molecular flexibility index (Phi) is 5.98. The van der Waals surface area contributed by atoms with Crippen molar-refractivity contribution in [3.05, 3.63) is 91.4 Å². The lowest BCUT2D eigenvalue weighted by Crippen LogP contribution is -2.39. The molecule has 0 radical (unpaired) electrons. The minimum atomic E-state index is -5.08. The Hall–Kier alpha value is -1.67. The Balaban J connectivity index is 2.63. The van der Waals surface area contributed by atoms with E-state index in [1.165, 1.54) is 48.5 Å². The maximum atomic E-state index is 13.0. The van der Waals surface area contributed by atoms with Gasteiger partial charge >= 0.3 is 0 Å². The number of rotatable bonds is 4. The van der Waals surface area contributed by atoms with Crippen molar-refractivity contribution in [2.24, 2.45) is 0 Å². The number of phenolic OH excluding ortho intramolecular Hbond substituents is 2. The van der Waals surface area contributed by atoms with E-state index in [1.807, 2.05) is 0 Å². The fourth-order valence-electron chi connectivity index (χ4n) is 3.19. The average molecular weight is 494 g/mol. The van der Waals surface area contributed by atoms with E-state index in [0.29, 0.717) is 5.02 Å². The van der Waals surface area contributed by atoms with E-state index in [1.54, 1.807) is 0 Å². The van der Waals surface area contributed by atoms with Crippen LogP contribution in [0.3, 0.4) is 0 Å². The van der Waals surface area contributed by atoms with Crippen LogP contribution in [0.1, 0.15) is 16.7 Å². The van der Waals surface area contributed by atoms with Gasteiger partial charge in [-0.15, -0.1) is 0 Å². The van der Waals surface area contributed by atoms with Crippen molar-refractivity contribution >= 4 is 56.5 Å². The van der Waals surface area contributed by atoms with Crippen molar-refractivity contribution in [3.8, 4) is 11.5 Å². The van der Waals surface area contributed by atoms with E-state index in [2.05, 4.69) is 0 Å². The lowest BCUT2D eigenvalue weighted by molar-refractivity contribution is 0.455. The second-order valence-corrected chi connectivity index (χ2v) is 9.27. The molecule has 3 rings (SSSR count). The molecule has 0 bridgehead atoms. The molecule has 0 saturated carbocycles.